The first-order chi connectivity index (χ1) is 8.04. The van der Waals surface area contributed by atoms with E-state index >= 15 is 0 Å². The molecule has 0 spiro atoms. The van der Waals surface area contributed by atoms with Crippen LogP contribution in [0.3, 0.4) is 0 Å². The second-order valence-electron chi connectivity index (χ2n) is 3.56. The van der Waals surface area contributed by atoms with E-state index in [2.05, 4.69) is 26.2 Å². The Morgan fingerprint density at radius 1 is 1.71 bits per heavy atom. The van der Waals surface area contributed by atoms with Crippen LogP contribution in [0.4, 0.5) is 11.5 Å². The minimum atomic E-state index is -0.498. The number of halogens is 1. The number of aliphatic hydroxyl groups excluding tert-OH is 1. The molecule has 0 saturated carbocycles. The zero-order chi connectivity index (χ0) is 12.8. The molecule has 0 aliphatic rings. The Balaban J connectivity index is 2.57. The van der Waals surface area contributed by atoms with Crippen molar-refractivity contribution in [1.29, 1.82) is 0 Å². The minimum Gasteiger partial charge on any atom is -0.393 e. The van der Waals surface area contributed by atoms with Crippen LogP contribution < -0.4 is 5.32 Å². The van der Waals surface area contributed by atoms with Crippen LogP contribution >= 0.6 is 15.9 Å². The van der Waals surface area contributed by atoms with Gasteiger partial charge in [-0.3, -0.25) is 10.1 Å². The number of hydrogen-bond donors (Lipinski definition) is 2. The Bertz CT molecular complexity index is 400. The Morgan fingerprint density at radius 2 is 2.41 bits per heavy atom. The zero-order valence-electron chi connectivity index (χ0n) is 9.39. The maximum absolute atomic E-state index is 10.5. The summed E-state index contributed by atoms with van der Waals surface area (Å²) in [5.74, 6) is 0.541. The molecule has 1 atom stereocenters. The second kappa shape index (κ2) is 6.51. The monoisotopic (exact) mass is 303 g/mol. The van der Waals surface area contributed by atoms with Crippen molar-refractivity contribution in [1.82, 2.24) is 4.98 Å². The molecule has 1 heterocycles. The summed E-state index contributed by atoms with van der Waals surface area (Å²) < 4.78 is 0.540. The number of nitro groups is 1. The molecule has 0 radical (unpaired) electrons. The maximum atomic E-state index is 10.5. The van der Waals surface area contributed by atoms with E-state index in [9.17, 15) is 15.2 Å². The summed E-state index contributed by atoms with van der Waals surface area (Å²) in [6.45, 7) is 2.48. The van der Waals surface area contributed by atoms with Crippen molar-refractivity contribution in [2.24, 2.45) is 0 Å². The van der Waals surface area contributed by atoms with Crippen molar-refractivity contribution >= 4 is 27.4 Å². The van der Waals surface area contributed by atoms with E-state index in [0.29, 0.717) is 29.7 Å². The Morgan fingerprint density at radius 3 is 2.94 bits per heavy atom. The lowest BCUT2D eigenvalue weighted by molar-refractivity contribution is -0.385. The number of aliphatic hydroxyl groups is 1. The highest BCUT2D eigenvalue weighted by Gasteiger charge is 2.10. The molecule has 0 aliphatic heterocycles. The van der Waals surface area contributed by atoms with E-state index < -0.39 is 4.92 Å². The summed E-state index contributed by atoms with van der Waals surface area (Å²) in [7, 11) is 0. The molecular formula is C10H14BrN3O3. The van der Waals surface area contributed by atoms with Gasteiger partial charge >= 0.3 is 0 Å². The largest absolute Gasteiger partial charge is 0.393 e. The first-order valence-corrected chi connectivity index (χ1v) is 6.05. The summed E-state index contributed by atoms with van der Waals surface area (Å²) in [6.07, 6.45) is 2.18. The van der Waals surface area contributed by atoms with Gasteiger partial charge in [-0.15, -0.1) is 0 Å². The van der Waals surface area contributed by atoms with Crippen LogP contribution in [-0.4, -0.2) is 27.7 Å². The molecule has 17 heavy (non-hydrogen) atoms. The normalized spacial score (nSPS) is 12.2. The highest BCUT2D eigenvalue weighted by molar-refractivity contribution is 9.10. The fourth-order valence-electron chi connectivity index (χ4n) is 1.22. The lowest BCUT2D eigenvalue weighted by atomic mass is 10.2. The topological polar surface area (TPSA) is 88.3 Å². The second-order valence-corrected chi connectivity index (χ2v) is 4.41. The van der Waals surface area contributed by atoms with Crippen LogP contribution in [0.2, 0.25) is 0 Å². The number of anilines is 1. The maximum Gasteiger partial charge on any atom is 0.288 e. The predicted molar refractivity (Wildman–Crippen MR) is 68.0 cm³/mol. The van der Waals surface area contributed by atoms with E-state index in [0.717, 1.165) is 0 Å². The lowest BCUT2D eigenvalue weighted by Crippen LogP contribution is -2.13. The van der Waals surface area contributed by atoms with Crippen LogP contribution in [0.1, 0.15) is 19.8 Å². The molecule has 0 bridgehead atoms. The fraction of sp³-hybridized carbons (Fsp3) is 0.500. The van der Waals surface area contributed by atoms with Crippen molar-refractivity contribution in [3.63, 3.8) is 0 Å². The van der Waals surface area contributed by atoms with Gasteiger partial charge in [-0.1, -0.05) is 6.92 Å². The molecule has 1 aromatic rings. The van der Waals surface area contributed by atoms with Gasteiger partial charge in [-0.25, -0.2) is 4.98 Å². The number of nitrogens with zero attached hydrogens (tertiary/aromatic N) is 2. The summed E-state index contributed by atoms with van der Waals surface area (Å²) in [5, 5.41) is 22.9. The van der Waals surface area contributed by atoms with Gasteiger partial charge in [-0.05, 0) is 28.8 Å². The van der Waals surface area contributed by atoms with Gasteiger partial charge in [0.15, 0.2) is 0 Å². The third-order valence-corrected chi connectivity index (χ3v) is 2.88. The smallest absolute Gasteiger partial charge is 0.288 e. The number of pyridine rings is 1. The predicted octanol–water partition coefficient (Wildman–Crippen LogP) is 2.33. The Labute approximate surface area is 107 Å². The SMILES string of the molecule is CCC(O)CCNc1ncc([N+](=O)[O-])cc1Br. The highest BCUT2D eigenvalue weighted by Crippen LogP contribution is 2.24. The van der Waals surface area contributed by atoms with Crippen molar-refractivity contribution in [3.8, 4) is 0 Å². The van der Waals surface area contributed by atoms with Crippen LogP contribution in [0.15, 0.2) is 16.7 Å². The van der Waals surface area contributed by atoms with Gasteiger partial charge in [0.2, 0.25) is 0 Å². The van der Waals surface area contributed by atoms with Gasteiger partial charge < -0.3 is 10.4 Å². The van der Waals surface area contributed by atoms with E-state index in [1.54, 1.807) is 0 Å². The van der Waals surface area contributed by atoms with Gasteiger partial charge in [0, 0.05) is 12.6 Å². The Kier molecular flexibility index (Phi) is 5.30. The first-order valence-electron chi connectivity index (χ1n) is 5.26. The lowest BCUT2D eigenvalue weighted by Gasteiger charge is -2.10. The minimum absolute atomic E-state index is 0.0592. The van der Waals surface area contributed by atoms with Crippen LogP contribution in [0.5, 0.6) is 0 Å². The third kappa shape index (κ3) is 4.27. The zero-order valence-corrected chi connectivity index (χ0v) is 11.0. The molecule has 0 aromatic carbocycles. The molecule has 0 saturated heterocycles. The summed E-state index contributed by atoms with van der Waals surface area (Å²) >= 11 is 3.21. The number of hydrogen-bond acceptors (Lipinski definition) is 5. The number of rotatable bonds is 6. The molecule has 1 rings (SSSR count). The van der Waals surface area contributed by atoms with E-state index in [4.69, 9.17) is 0 Å². The number of aromatic nitrogens is 1. The van der Waals surface area contributed by atoms with Crippen LogP contribution in [0, 0.1) is 10.1 Å². The number of nitrogens with one attached hydrogen (secondary N) is 1. The molecule has 94 valence electrons. The molecule has 0 fully saturated rings. The van der Waals surface area contributed by atoms with Crippen molar-refractivity contribution in [2.45, 2.75) is 25.9 Å². The quantitative estimate of drug-likeness (QED) is 0.622. The summed E-state index contributed by atoms with van der Waals surface area (Å²) in [4.78, 5) is 13.9. The van der Waals surface area contributed by atoms with Gasteiger partial charge in [0.25, 0.3) is 5.69 Å². The van der Waals surface area contributed by atoms with Crippen molar-refractivity contribution in [2.75, 3.05) is 11.9 Å². The van der Waals surface area contributed by atoms with E-state index in [1.165, 1.54) is 12.3 Å². The summed E-state index contributed by atoms with van der Waals surface area (Å²) in [6, 6.07) is 1.39. The fourth-order valence-corrected chi connectivity index (χ4v) is 1.70. The molecule has 0 amide bonds. The third-order valence-electron chi connectivity index (χ3n) is 2.28. The Hall–Kier alpha value is -1.21. The van der Waals surface area contributed by atoms with Crippen LogP contribution in [-0.2, 0) is 0 Å². The molecule has 0 aliphatic carbocycles. The standard InChI is InChI=1S/C10H14BrN3O3/c1-2-8(15)3-4-12-10-9(11)5-7(6-13-10)14(16)17/h5-6,8,15H,2-4H2,1H3,(H,12,13). The van der Waals surface area contributed by atoms with Crippen LogP contribution in [0.25, 0.3) is 0 Å². The first kappa shape index (κ1) is 13.9. The van der Waals surface area contributed by atoms with E-state index in [-0.39, 0.29) is 11.8 Å². The highest BCUT2D eigenvalue weighted by atomic mass is 79.9. The van der Waals surface area contributed by atoms with E-state index in [1.807, 2.05) is 6.92 Å². The molecule has 1 aromatic heterocycles. The molecule has 6 nitrogen and oxygen atoms in total. The van der Waals surface area contributed by atoms with Crippen molar-refractivity contribution in [3.05, 3.63) is 26.9 Å². The molecular weight excluding hydrogens is 290 g/mol. The van der Waals surface area contributed by atoms with Crippen molar-refractivity contribution < 1.29 is 10.0 Å². The van der Waals surface area contributed by atoms with Gasteiger partial charge in [-0.2, -0.15) is 0 Å². The van der Waals surface area contributed by atoms with Gasteiger partial charge in [0.1, 0.15) is 12.0 Å². The van der Waals surface area contributed by atoms with Gasteiger partial charge in [0.05, 0.1) is 15.5 Å². The molecule has 2 N–H and O–H groups in total. The average molecular weight is 304 g/mol. The molecule has 1 unspecified atom stereocenters. The average Bonchev–Trinajstić information content (AvgIpc) is 2.30. The summed E-state index contributed by atoms with van der Waals surface area (Å²) in [5.41, 5.74) is -0.0592. The molecule has 7 heteroatoms.